The van der Waals surface area contributed by atoms with Gasteiger partial charge < -0.3 is 4.12 Å². The van der Waals surface area contributed by atoms with Crippen molar-refractivity contribution in [2.45, 2.75) is 50.7 Å². The lowest BCUT2D eigenvalue weighted by atomic mass is 10.0. The smallest absolute Gasteiger partial charge is 0.218 e. The molecule has 0 amide bonds. The van der Waals surface area contributed by atoms with E-state index < -0.39 is 9.04 Å². The summed E-state index contributed by atoms with van der Waals surface area (Å²) in [6, 6.07) is 0. The van der Waals surface area contributed by atoms with Crippen LogP contribution in [0.5, 0.6) is 0 Å². The summed E-state index contributed by atoms with van der Waals surface area (Å²) in [5, 5.41) is 0. The van der Waals surface area contributed by atoms with Crippen LogP contribution < -0.4 is 0 Å². The minimum Gasteiger partial charge on any atom is -0.456 e. The van der Waals surface area contributed by atoms with Gasteiger partial charge in [0.25, 0.3) is 0 Å². The van der Waals surface area contributed by atoms with Crippen molar-refractivity contribution in [2.24, 2.45) is 0 Å². The molecule has 0 atom stereocenters. The van der Waals surface area contributed by atoms with E-state index in [4.69, 9.17) is 4.12 Å². The molecule has 0 aromatic rings. The van der Waals surface area contributed by atoms with Crippen molar-refractivity contribution in [3.8, 4) is 0 Å². The van der Waals surface area contributed by atoms with E-state index in [1.165, 1.54) is 32.1 Å². The molecule has 3 heteroatoms. The average Bonchev–Trinajstić information content (AvgIpc) is 2.03. The van der Waals surface area contributed by atoms with Gasteiger partial charge in [-0.1, -0.05) is 32.1 Å². The summed E-state index contributed by atoms with van der Waals surface area (Å²) in [6.45, 7) is 4.45. The van der Waals surface area contributed by atoms with Crippen molar-refractivity contribution >= 4 is 18.8 Å². The highest BCUT2D eigenvalue weighted by molar-refractivity contribution is 6.56. The summed E-state index contributed by atoms with van der Waals surface area (Å²) in [5.41, 5.74) is 0.920. The largest absolute Gasteiger partial charge is 0.456 e. The van der Waals surface area contributed by atoms with Gasteiger partial charge in [-0.25, -0.2) is 0 Å². The van der Waals surface area contributed by atoms with Gasteiger partial charge in [-0.15, -0.1) is 0 Å². The van der Waals surface area contributed by atoms with E-state index in [0.29, 0.717) is 0 Å². The minimum absolute atomic E-state index is 0.421. The van der Waals surface area contributed by atoms with Gasteiger partial charge in [0, 0.05) is 0 Å². The first kappa shape index (κ1) is 9.48. The molecule has 0 bridgehead atoms. The van der Waals surface area contributed by atoms with Gasteiger partial charge in [-0.2, -0.15) is 0 Å². The Morgan fingerprint density at radius 3 is 2.36 bits per heavy atom. The standard InChI is InChI=1S/C8H17OSi2/c1-11(2)9-10-8-6-4-3-5-7-8/h8H,3-7H2,1-2H3. The molecule has 0 N–H and O–H groups in total. The number of rotatable bonds is 3. The van der Waals surface area contributed by atoms with Crippen molar-refractivity contribution in [2.75, 3.05) is 0 Å². The summed E-state index contributed by atoms with van der Waals surface area (Å²) in [6.07, 6.45) is 7.19. The molecule has 63 valence electrons. The zero-order valence-corrected chi connectivity index (χ0v) is 9.52. The van der Waals surface area contributed by atoms with E-state index in [1.54, 1.807) is 0 Å². The van der Waals surface area contributed by atoms with Gasteiger partial charge in [-0.05, 0) is 18.6 Å². The van der Waals surface area contributed by atoms with Gasteiger partial charge in [0.2, 0.25) is 9.76 Å². The van der Waals surface area contributed by atoms with E-state index in [-0.39, 0.29) is 0 Å². The molecule has 1 rings (SSSR count). The van der Waals surface area contributed by atoms with Crippen LogP contribution in [0.3, 0.4) is 0 Å². The number of hydrogen-bond acceptors (Lipinski definition) is 1. The highest BCUT2D eigenvalue weighted by Crippen LogP contribution is 2.27. The van der Waals surface area contributed by atoms with Crippen molar-refractivity contribution in [3.05, 3.63) is 0 Å². The fourth-order valence-corrected chi connectivity index (χ4v) is 3.68. The number of hydrogen-bond donors (Lipinski definition) is 0. The maximum atomic E-state index is 5.71. The third-order valence-electron chi connectivity index (χ3n) is 2.03. The lowest BCUT2D eigenvalue weighted by Gasteiger charge is -2.20. The lowest BCUT2D eigenvalue weighted by molar-refractivity contribution is 0.471. The average molecular weight is 185 g/mol. The van der Waals surface area contributed by atoms with E-state index in [1.807, 2.05) is 0 Å². The third kappa shape index (κ3) is 4.08. The third-order valence-corrected chi connectivity index (χ3v) is 5.05. The van der Waals surface area contributed by atoms with Gasteiger partial charge in [0.05, 0.1) is 0 Å². The van der Waals surface area contributed by atoms with Crippen LogP contribution in [0.1, 0.15) is 32.1 Å². The molecule has 1 aliphatic carbocycles. The molecule has 1 aliphatic rings. The second kappa shape index (κ2) is 5.11. The van der Waals surface area contributed by atoms with E-state index in [0.717, 1.165) is 15.3 Å². The topological polar surface area (TPSA) is 9.23 Å². The molecule has 0 unspecified atom stereocenters. The highest BCUT2D eigenvalue weighted by atomic mass is 28.3. The molecule has 1 fully saturated rings. The summed E-state index contributed by atoms with van der Waals surface area (Å²) in [7, 11) is 0.386. The lowest BCUT2D eigenvalue weighted by Crippen LogP contribution is -2.18. The fraction of sp³-hybridized carbons (Fsp3) is 1.00. The fourth-order valence-electron chi connectivity index (χ4n) is 1.42. The monoisotopic (exact) mass is 185 g/mol. The molecule has 0 aromatic heterocycles. The highest BCUT2D eigenvalue weighted by Gasteiger charge is 2.15. The Bertz CT molecular complexity index is 100. The first-order valence-electron chi connectivity index (χ1n) is 4.51. The minimum atomic E-state index is -0.421. The van der Waals surface area contributed by atoms with Crippen LogP contribution in [0, 0.1) is 0 Å². The van der Waals surface area contributed by atoms with E-state index in [9.17, 15) is 0 Å². The van der Waals surface area contributed by atoms with Crippen molar-refractivity contribution in [1.82, 2.24) is 0 Å². The van der Waals surface area contributed by atoms with Crippen molar-refractivity contribution < 1.29 is 4.12 Å². The molecule has 0 heterocycles. The maximum Gasteiger partial charge on any atom is 0.218 e. The first-order valence-corrected chi connectivity index (χ1v) is 7.91. The molecule has 0 saturated heterocycles. The Hall–Kier alpha value is 0.394. The van der Waals surface area contributed by atoms with Crippen LogP contribution in [0.15, 0.2) is 0 Å². The SMILES string of the molecule is C[Si](C)O[Si]C1CCCCC1. The van der Waals surface area contributed by atoms with Gasteiger partial charge in [-0.3, -0.25) is 0 Å². The van der Waals surface area contributed by atoms with Crippen LogP contribution in [0.4, 0.5) is 0 Å². The first-order chi connectivity index (χ1) is 5.29. The van der Waals surface area contributed by atoms with Gasteiger partial charge in [0.1, 0.15) is 0 Å². The molecule has 0 aromatic carbocycles. The Balaban J connectivity index is 2.05. The zero-order valence-electron chi connectivity index (χ0n) is 7.52. The Kier molecular flexibility index (Phi) is 4.41. The summed E-state index contributed by atoms with van der Waals surface area (Å²) in [4.78, 5) is 0. The summed E-state index contributed by atoms with van der Waals surface area (Å²) in [5.74, 6) is 0. The summed E-state index contributed by atoms with van der Waals surface area (Å²) >= 11 is 0. The van der Waals surface area contributed by atoms with Crippen molar-refractivity contribution in [1.29, 1.82) is 0 Å². The van der Waals surface area contributed by atoms with E-state index >= 15 is 0 Å². The van der Waals surface area contributed by atoms with Gasteiger partial charge in [0.15, 0.2) is 9.04 Å². The van der Waals surface area contributed by atoms with Crippen LogP contribution >= 0.6 is 0 Å². The van der Waals surface area contributed by atoms with Gasteiger partial charge >= 0.3 is 0 Å². The Morgan fingerprint density at radius 1 is 1.18 bits per heavy atom. The zero-order chi connectivity index (χ0) is 8.10. The molecule has 3 radical (unpaired) electrons. The maximum absolute atomic E-state index is 5.71. The quantitative estimate of drug-likeness (QED) is 0.614. The molecule has 0 spiro atoms. The predicted molar refractivity (Wildman–Crippen MR) is 51.2 cm³/mol. The van der Waals surface area contributed by atoms with E-state index in [2.05, 4.69) is 13.1 Å². The molecule has 0 aliphatic heterocycles. The van der Waals surface area contributed by atoms with Crippen LogP contribution in [-0.4, -0.2) is 18.8 Å². The molecule has 11 heavy (non-hydrogen) atoms. The molecule has 1 saturated carbocycles. The van der Waals surface area contributed by atoms with Crippen LogP contribution in [0.2, 0.25) is 18.6 Å². The second-order valence-electron chi connectivity index (χ2n) is 3.46. The predicted octanol–water partition coefficient (Wildman–Crippen LogP) is 2.63. The molecular formula is C8H17OSi2. The summed E-state index contributed by atoms with van der Waals surface area (Å²) < 4.78 is 5.71. The van der Waals surface area contributed by atoms with Crippen LogP contribution in [-0.2, 0) is 4.12 Å². The molecular weight excluding hydrogens is 168 g/mol. The molecule has 1 nitrogen and oxygen atoms in total. The Labute approximate surface area is 74.2 Å². The second-order valence-corrected chi connectivity index (χ2v) is 7.15. The normalized spacial score (nSPS) is 21.0. The Morgan fingerprint density at radius 2 is 1.82 bits per heavy atom. The van der Waals surface area contributed by atoms with Crippen molar-refractivity contribution in [3.63, 3.8) is 0 Å². The van der Waals surface area contributed by atoms with Crippen LogP contribution in [0.25, 0.3) is 0 Å².